The Morgan fingerprint density at radius 1 is 1.17 bits per heavy atom. The third-order valence-corrected chi connectivity index (χ3v) is 3.60. The summed E-state index contributed by atoms with van der Waals surface area (Å²) in [6, 6.07) is 0. The topological polar surface area (TPSA) is 35.9 Å². The van der Waals surface area contributed by atoms with Crippen molar-refractivity contribution in [3.8, 4) is 0 Å². The number of hydrogen-bond acceptors (Lipinski definition) is 3. The van der Waals surface area contributed by atoms with Gasteiger partial charge in [-0.05, 0) is 33.6 Å². The Kier molecular flexibility index (Phi) is 3.85. The average molecular weight is 249 g/mol. The van der Waals surface area contributed by atoms with Gasteiger partial charge in [-0.25, -0.2) is 0 Å². The molecule has 2 rings (SSSR count). The van der Waals surface area contributed by atoms with Crippen LogP contribution in [0.2, 0.25) is 0 Å². The van der Waals surface area contributed by atoms with Gasteiger partial charge in [-0.3, -0.25) is 14.7 Å². The van der Waals surface area contributed by atoms with Gasteiger partial charge in [0.1, 0.15) is 5.70 Å². The molecule has 0 saturated carbocycles. The van der Waals surface area contributed by atoms with Crippen LogP contribution >= 0.6 is 0 Å². The SMILES string of the molecule is CC(C)(C)N1CCN(C(=O)C2=CCCC=N2)CC1. The van der Waals surface area contributed by atoms with Gasteiger partial charge in [0.05, 0.1) is 0 Å². The molecular formula is C14H23N3O. The van der Waals surface area contributed by atoms with Crippen LogP contribution in [0.4, 0.5) is 0 Å². The van der Waals surface area contributed by atoms with E-state index in [1.807, 2.05) is 17.2 Å². The highest BCUT2D eigenvalue weighted by molar-refractivity contribution is 5.95. The molecule has 0 aromatic heterocycles. The summed E-state index contributed by atoms with van der Waals surface area (Å²) in [5, 5.41) is 0. The van der Waals surface area contributed by atoms with Gasteiger partial charge in [-0.2, -0.15) is 0 Å². The molecule has 2 heterocycles. The fourth-order valence-corrected chi connectivity index (χ4v) is 2.40. The molecule has 18 heavy (non-hydrogen) atoms. The monoisotopic (exact) mass is 249 g/mol. The van der Waals surface area contributed by atoms with Crippen molar-refractivity contribution in [1.82, 2.24) is 9.80 Å². The molecule has 0 unspecified atom stereocenters. The Bertz CT molecular complexity index is 371. The number of aliphatic imine (C=N–C) groups is 1. The van der Waals surface area contributed by atoms with Crippen LogP contribution in [0.3, 0.4) is 0 Å². The lowest BCUT2D eigenvalue weighted by molar-refractivity contribution is -0.129. The summed E-state index contributed by atoms with van der Waals surface area (Å²) in [7, 11) is 0. The minimum absolute atomic E-state index is 0.0968. The molecule has 2 aliphatic rings. The first kappa shape index (κ1) is 13.3. The molecule has 0 radical (unpaired) electrons. The molecule has 0 N–H and O–H groups in total. The lowest BCUT2D eigenvalue weighted by Gasteiger charge is -2.42. The highest BCUT2D eigenvalue weighted by Gasteiger charge is 2.28. The first-order chi connectivity index (χ1) is 8.48. The van der Waals surface area contributed by atoms with E-state index in [1.165, 1.54) is 0 Å². The fourth-order valence-electron chi connectivity index (χ4n) is 2.40. The quantitative estimate of drug-likeness (QED) is 0.709. The first-order valence-corrected chi connectivity index (χ1v) is 6.75. The Balaban J connectivity index is 1.92. The van der Waals surface area contributed by atoms with Crippen LogP contribution in [-0.2, 0) is 4.79 Å². The zero-order valence-corrected chi connectivity index (χ0v) is 11.6. The molecule has 0 atom stereocenters. The fraction of sp³-hybridized carbons (Fsp3) is 0.714. The highest BCUT2D eigenvalue weighted by atomic mass is 16.2. The number of rotatable bonds is 1. The second kappa shape index (κ2) is 5.22. The number of carbonyl (C=O) groups is 1. The van der Waals surface area contributed by atoms with Crippen molar-refractivity contribution in [3.63, 3.8) is 0 Å². The molecule has 4 nitrogen and oxygen atoms in total. The molecule has 0 aliphatic carbocycles. The van der Waals surface area contributed by atoms with Crippen LogP contribution in [0.25, 0.3) is 0 Å². The Labute approximate surface area is 109 Å². The smallest absolute Gasteiger partial charge is 0.272 e. The van der Waals surface area contributed by atoms with Crippen LogP contribution in [0.1, 0.15) is 33.6 Å². The molecule has 1 fully saturated rings. The number of allylic oxidation sites excluding steroid dienone is 1. The van der Waals surface area contributed by atoms with Gasteiger partial charge in [-0.15, -0.1) is 0 Å². The zero-order chi connectivity index (χ0) is 13.2. The van der Waals surface area contributed by atoms with Gasteiger partial charge in [-0.1, -0.05) is 6.08 Å². The lowest BCUT2D eigenvalue weighted by Crippen LogP contribution is -2.54. The second-order valence-electron chi connectivity index (χ2n) is 5.93. The predicted octanol–water partition coefficient (Wildman–Crippen LogP) is 1.68. The van der Waals surface area contributed by atoms with Gasteiger partial charge >= 0.3 is 0 Å². The summed E-state index contributed by atoms with van der Waals surface area (Å²) < 4.78 is 0. The molecule has 0 aromatic rings. The van der Waals surface area contributed by atoms with Gasteiger partial charge < -0.3 is 4.90 Å². The standard InChI is InChI=1S/C14H23N3O/c1-14(2,3)17-10-8-16(9-11-17)13(18)12-6-4-5-7-15-12/h6-7H,4-5,8-11H2,1-3H3. The Morgan fingerprint density at radius 3 is 2.33 bits per heavy atom. The van der Waals surface area contributed by atoms with Crippen LogP contribution in [0, 0.1) is 0 Å². The van der Waals surface area contributed by atoms with Gasteiger partial charge in [0.15, 0.2) is 0 Å². The minimum atomic E-state index is 0.0968. The van der Waals surface area contributed by atoms with E-state index in [4.69, 9.17) is 0 Å². The second-order valence-corrected chi connectivity index (χ2v) is 5.93. The van der Waals surface area contributed by atoms with E-state index in [9.17, 15) is 4.79 Å². The molecule has 0 spiro atoms. The molecular weight excluding hydrogens is 226 g/mol. The maximum absolute atomic E-state index is 12.2. The number of amides is 1. The van der Waals surface area contributed by atoms with E-state index in [0.717, 1.165) is 39.0 Å². The number of nitrogens with zero attached hydrogens (tertiary/aromatic N) is 3. The van der Waals surface area contributed by atoms with E-state index >= 15 is 0 Å². The van der Waals surface area contributed by atoms with E-state index in [2.05, 4.69) is 30.7 Å². The maximum atomic E-state index is 12.2. The summed E-state index contributed by atoms with van der Waals surface area (Å²) in [5.74, 6) is 0.0968. The lowest BCUT2D eigenvalue weighted by atomic mass is 10.0. The van der Waals surface area contributed by atoms with Crippen molar-refractivity contribution >= 4 is 12.1 Å². The summed E-state index contributed by atoms with van der Waals surface area (Å²) in [6.07, 6.45) is 5.69. The van der Waals surface area contributed by atoms with Crippen LogP contribution in [-0.4, -0.2) is 53.6 Å². The molecule has 4 heteroatoms. The van der Waals surface area contributed by atoms with Crippen LogP contribution in [0.5, 0.6) is 0 Å². The van der Waals surface area contributed by atoms with Crippen LogP contribution in [0.15, 0.2) is 16.8 Å². The maximum Gasteiger partial charge on any atom is 0.272 e. The number of carbonyl (C=O) groups excluding carboxylic acids is 1. The van der Waals surface area contributed by atoms with Crippen molar-refractivity contribution in [2.45, 2.75) is 39.2 Å². The molecule has 0 aromatic carbocycles. The highest BCUT2D eigenvalue weighted by Crippen LogP contribution is 2.18. The van der Waals surface area contributed by atoms with E-state index in [1.54, 1.807) is 0 Å². The van der Waals surface area contributed by atoms with Crippen molar-refractivity contribution < 1.29 is 4.79 Å². The molecule has 2 aliphatic heterocycles. The van der Waals surface area contributed by atoms with Crippen molar-refractivity contribution in [3.05, 3.63) is 11.8 Å². The largest absolute Gasteiger partial charge is 0.335 e. The average Bonchev–Trinajstić information content (AvgIpc) is 2.38. The van der Waals surface area contributed by atoms with E-state index in [0.29, 0.717) is 5.70 Å². The van der Waals surface area contributed by atoms with Crippen molar-refractivity contribution in [2.24, 2.45) is 4.99 Å². The van der Waals surface area contributed by atoms with E-state index in [-0.39, 0.29) is 11.4 Å². The number of piperazine rings is 1. The van der Waals surface area contributed by atoms with Gasteiger partial charge in [0.25, 0.3) is 5.91 Å². The normalized spacial score (nSPS) is 21.9. The Morgan fingerprint density at radius 2 is 1.83 bits per heavy atom. The third kappa shape index (κ3) is 2.99. The van der Waals surface area contributed by atoms with Crippen molar-refractivity contribution in [1.29, 1.82) is 0 Å². The first-order valence-electron chi connectivity index (χ1n) is 6.75. The molecule has 100 valence electrons. The molecule has 0 bridgehead atoms. The minimum Gasteiger partial charge on any atom is -0.335 e. The zero-order valence-electron chi connectivity index (χ0n) is 11.6. The predicted molar refractivity (Wildman–Crippen MR) is 73.7 cm³/mol. The van der Waals surface area contributed by atoms with E-state index < -0.39 is 0 Å². The summed E-state index contributed by atoms with van der Waals surface area (Å²) in [5.41, 5.74) is 0.822. The molecule has 1 amide bonds. The summed E-state index contributed by atoms with van der Waals surface area (Å²) >= 11 is 0. The van der Waals surface area contributed by atoms with Crippen molar-refractivity contribution in [2.75, 3.05) is 26.2 Å². The third-order valence-electron chi connectivity index (χ3n) is 3.60. The van der Waals surface area contributed by atoms with Crippen LogP contribution < -0.4 is 0 Å². The van der Waals surface area contributed by atoms with Gasteiger partial charge in [0.2, 0.25) is 0 Å². The molecule has 1 saturated heterocycles. The number of hydrogen-bond donors (Lipinski definition) is 0. The summed E-state index contributed by atoms with van der Waals surface area (Å²) in [6.45, 7) is 10.2. The van der Waals surface area contributed by atoms with Gasteiger partial charge in [0, 0.05) is 37.9 Å². The Hall–Kier alpha value is -1.16. The summed E-state index contributed by atoms with van der Waals surface area (Å²) in [4.78, 5) is 20.8.